The Morgan fingerprint density at radius 3 is 2.13 bits per heavy atom. The quantitative estimate of drug-likeness (QED) is 0.728. The first-order chi connectivity index (χ1) is 6.72. The van der Waals surface area contributed by atoms with Crippen molar-refractivity contribution in [3.63, 3.8) is 0 Å². The van der Waals surface area contributed by atoms with E-state index in [0.29, 0.717) is 0 Å². The van der Waals surface area contributed by atoms with E-state index in [0.717, 1.165) is 19.3 Å². The molecule has 0 amide bonds. The lowest BCUT2D eigenvalue weighted by atomic mass is 9.79. The van der Waals surface area contributed by atoms with Crippen molar-refractivity contribution >= 4 is 0 Å². The average Bonchev–Trinajstić information content (AvgIpc) is 2.16. The monoisotopic (exact) mass is 214 g/mol. The maximum atomic E-state index is 10.7. The Morgan fingerprint density at radius 2 is 1.73 bits per heavy atom. The molecule has 1 fully saturated rings. The van der Waals surface area contributed by atoms with Gasteiger partial charge in [0.05, 0.1) is 16.8 Å². The van der Waals surface area contributed by atoms with Crippen molar-refractivity contribution in [2.24, 2.45) is 0 Å². The number of hydrogen-bond donors (Lipinski definition) is 1. The van der Waals surface area contributed by atoms with Crippen molar-refractivity contribution in [3.05, 3.63) is 0 Å². The summed E-state index contributed by atoms with van der Waals surface area (Å²) in [6.45, 7) is 10.3. The Hall–Kier alpha value is -0.0800. The van der Waals surface area contributed by atoms with E-state index in [2.05, 4.69) is 20.8 Å². The molecule has 90 valence electrons. The topological polar surface area (TPSA) is 29.5 Å². The van der Waals surface area contributed by atoms with Crippen molar-refractivity contribution in [2.75, 3.05) is 0 Å². The van der Waals surface area contributed by atoms with Crippen molar-refractivity contribution in [1.82, 2.24) is 0 Å². The Balaban J connectivity index is 2.66. The van der Waals surface area contributed by atoms with E-state index in [1.165, 1.54) is 12.8 Å². The second-order valence-corrected chi connectivity index (χ2v) is 6.04. The van der Waals surface area contributed by atoms with E-state index >= 15 is 0 Å². The number of rotatable bonds is 4. The minimum atomic E-state index is -0.647. The molecule has 2 heteroatoms. The summed E-state index contributed by atoms with van der Waals surface area (Å²) >= 11 is 0. The van der Waals surface area contributed by atoms with Crippen LogP contribution in [0.2, 0.25) is 0 Å². The van der Waals surface area contributed by atoms with Gasteiger partial charge in [-0.25, -0.2) is 0 Å². The predicted molar refractivity (Wildman–Crippen MR) is 63.0 cm³/mol. The summed E-state index contributed by atoms with van der Waals surface area (Å²) in [6.07, 6.45) is 5.09. The zero-order valence-electron chi connectivity index (χ0n) is 10.9. The van der Waals surface area contributed by atoms with E-state index in [-0.39, 0.29) is 5.60 Å². The van der Waals surface area contributed by atoms with Gasteiger partial charge in [-0.1, -0.05) is 26.2 Å². The summed E-state index contributed by atoms with van der Waals surface area (Å²) in [5, 5.41) is 10.7. The summed E-state index contributed by atoms with van der Waals surface area (Å²) in [5.41, 5.74) is -1.25. The minimum absolute atomic E-state index is 0.190. The van der Waals surface area contributed by atoms with Gasteiger partial charge in [-0.2, -0.15) is 0 Å². The van der Waals surface area contributed by atoms with Gasteiger partial charge in [0.2, 0.25) is 0 Å². The Bertz CT molecular complexity index is 221. The summed E-state index contributed by atoms with van der Waals surface area (Å²) in [4.78, 5) is 0. The highest BCUT2D eigenvalue weighted by Gasteiger charge is 2.55. The van der Waals surface area contributed by atoms with Crippen LogP contribution in [0.3, 0.4) is 0 Å². The third-order valence-electron chi connectivity index (χ3n) is 3.56. The number of ether oxygens (including phenoxy) is 1. The van der Waals surface area contributed by atoms with E-state index in [4.69, 9.17) is 4.74 Å². The molecule has 0 bridgehead atoms. The van der Waals surface area contributed by atoms with Gasteiger partial charge in [-0.15, -0.1) is 0 Å². The second kappa shape index (κ2) is 4.06. The summed E-state index contributed by atoms with van der Waals surface area (Å²) in [5.74, 6) is 0. The highest BCUT2D eigenvalue weighted by molar-refractivity contribution is 5.05. The van der Waals surface area contributed by atoms with Crippen LogP contribution in [0.25, 0.3) is 0 Å². The molecule has 1 rings (SSSR count). The number of hydrogen-bond acceptors (Lipinski definition) is 2. The smallest absolute Gasteiger partial charge is 0.0958 e. The van der Waals surface area contributed by atoms with Crippen LogP contribution in [-0.4, -0.2) is 21.9 Å². The van der Waals surface area contributed by atoms with E-state index in [1.807, 2.05) is 13.8 Å². The van der Waals surface area contributed by atoms with Gasteiger partial charge in [0.1, 0.15) is 0 Å². The van der Waals surface area contributed by atoms with Crippen LogP contribution in [0.5, 0.6) is 0 Å². The zero-order valence-corrected chi connectivity index (χ0v) is 10.9. The molecular formula is C13H26O2. The largest absolute Gasteiger partial charge is 0.387 e. The molecule has 0 aromatic heterocycles. The first-order valence-corrected chi connectivity index (χ1v) is 6.15. The standard InChI is InChI=1S/C13H26O2/c1-6-7-8-9-13(14)10-11(2,3)15-12(13,4)5/h14H,6-10H2,1-5H3. The van der Waals surface area contributed by atoms with Crippen LogP contribution in [-0.2, 0) is 4.74 Å². The van der Waals surface area contributed by atoms with Gasteiger partial charge in [-0.05, 0) is 34.1 Å². The van der Waals surface area contributed by atoms with E-state index in [1.54, 1.807) is 0 Å². The van der Waals surface area contributed by atoms with E-state index < -0.39 is 11.2 Å². The van der Waals surface area contributed by atoms with Gasteiger partial charge in [0.25, 0.3) is 0 Å². The van der Waals surface area contributed by atoms with Crippen LogP contribution in [0.1, 0.15) is 66.7 Å². The molecule has 2 nitrogen and oxygen atoms in total. The molecule has 0 spiro atoms. The third kappa shape index (κ3) is 2.73. The fourth-order valence-electron chi connectivity index (χ4n) is 2.80. The molecule has 15 heavy (non-hydrogen) atoms. The molecule has 0 saturated carbocycles. The van der Waals surface area contributed by atoms with Gasteiger partial charge in [0, 0.05) is 6.42 Å². The fourth-order valence-corrected chi connectivity index (χ4v) is 2.80. The molecule has 1 atom stereocenters. The molecule has 0 aromatic carbocycles. The first-order valence-electron chi connectivity index (χ1n) is 6.15. The normalized spacial score (nSPS) is 33.2. The fraction of sp³-hybridized carbons (Fsp3) is 1.00. The predicted octanol–water partition coefficient (Wildman–Crippen LogP) is 3.28. The summed E-state index contributed by atoms with van der Waals surface area (Å²) < 4.78 is 5.93. The minimum Gasteiger partial charge on any atom is -0.387 e. The van der Waals surface area contributed by atoms with Crippen molar-refractivity contribution in [1.29, 1.82) is 0 Å². The van der Waals surface area contributed by atoms with Crippen LogP contribution in [0, 0.1) is 0 Å². The molecule has 1 aliphatic rings. The third-order valence-corrected chi connectivity index (χ3v) is 3.56. The Labute approximate surface area is 94.0 Å². The van der Waals surface area contributed by atoms with Gasteiger partial charge >= 0.3 is 0 Å². The average molecular weight is 214 g/mol. The highest BCUT2D eigenvalue weighted by Crippen LogP contribution is 2.47. The van der Waals surface area contributed by atoms with Crippen molar-refractivity contribution < 1.29 is 9.84 Å². The lowest BCUT2D eigenvalue weighted by molar-refractivity contribution is -0.129. The second-order valence-electron chi connectivity index (χ2n) is 6.04. The van der Waals surface area contributed by atoms with Gasteiger partial charge in [-0.3, -0.25) is 0 Å². The zero-order chi connectivity index (χ0) is 11.7. The van der Waals surface area contributed by atoms with Crippen molar-refractivity contribution in [3.8, 4) is 0 Å². The molecule has 1 saturated heterocycles. The summed E-state index contributed by atoms with van der Waals surface area (Å²) in [6, 6.07) is 0. The van der Waals surface area contributed by atoms with Gasteiger partial charge in [0.15, 0.2) is 0 Å². The lowest BCUT2D eigenvalue weighted by Crippen LogP contribution is -2.46. The highest BCUT2D eigenvalue weighted by atomic mass is 16.5. The first kappa shape index (κ1) is 13.0. The Kier molecular flexibility index (Phi) is 3.52. The maximum Gasteiger partial charge on any atom is 0.0958 e. The number of unbranched alkanes of at least 4 members (excludes halogenated alkanes) is 2. The summed E-state index contributed by atoms with van der Waals surface area (Å²) in [7, 11) is 0. The molecule has 0 aliphatic carbocycles. The van der Waals surface area contributed by atoms with Crippen LogP contribution < -0.4 is 0 Å². The van der Waals surface area contributed by atoms with Gasteiger partial charge < -0.3 is 9.84 Å². The number of aliphatic hydroxyl groups is 1. The molecule has 1 heterocycles. The van der Waals surface area contributed by atoms with Crippen LogP contribution >= 0.6 is 0 Å². The van der Waals surface area contributed by atoms with E-state index in [9.17, 15) is 5.11 Å². The molecule has 0 aromatic rings. The molecule has 1 aliphatic heterocycles. The molecule has 0 radical (unpaired) electrons. The van der Waals surface area contributed by atoms with Crippen LogP contribution in [0.15, 0.2) is 0 Å². The molecule has 1 N–H and O–H groups in total. The Morgan fingerprint density at radius 1 is 1.13 bits per heavy atom. The van der Waals surface area contributed by atoms with Crippen molar-refractivity contribution in [2.45, 2.75) is 83.5 Å². The van der Waals surface area contributed by atoms with Crippen LogP contribution in [0.4, 0.5) is 0 Å². The molecule has 1 unspecified atom stereocenters. The molecular weight excluding hydrogens is 188 g/mol. The SMILES string of the molecule is CCCCCC1(O)CC(C)(C)OC1(C)C. The lowest BCUT2D eigenvalue weighted by Gasteiger charge is -2.35. The maximum absolute atomic E-state index is 10.7.